The average molecular weight is 386 g/mol. The Morgan fingerprint density at radius 1 is 1.37 bits per heavy atom. The van der Waals surface area contributed by atoms with Crippen molar-refractivity contribution in [1.29, 1.82) is 0 Å². The van der Waals surface area contributed by atoms with E-state index in [-0.39, 0.29) is 28.8 Å². The molecule has 27 heavy (non-hydrogen) atoms. The number of halogens is 2. The van der Waals surface area contributed by atoms with Crippen LogP contribution in [0.25, 0.3) is 6.08 Å². The first kappa shape index (κ1) is 18.5. The molecule has 0 saturated carbocycles. The molecule has 0 atom stereocenters. The number of terminal acetylenes is 1. The molecule has 1 heterocycles. The summed E-state index contributed by atoms with van der Waals surface area (Å²) in [5.74, 6) is 1.64. The molecule has 136 valence electrons. The van der Waals surface area contributed by atoms with Gasteiger partial charge in [-0.25, -0.2) is 14.2 Å². The van der Waals surface area contributed by atoms with Gasteiger partial charge in [-0.3, -0.25) is 0 Å². The maximum atomic E-state index is 13.9. The second-order valence-electron chi connectivity index (χ2n) is 5.34. The number of ether oxygens (including phenoxy) is 3. The van der Waals surface area contributed by atoms with Gasteiger partial charge in [-0.05, 0) is 35.9 Å². The Morgan fingerprint density at radius 3 is 2.85 bits per heavy atom. The van der Waals surface area contributed by atoms with E-state index in [1.54, 1.807) is 18.2 Å². The van der Waals surface area contributed by atoms with Gasteiger partial charge in [0.05, 0.1) is 17.7 Å². The van der Waals surface area contributed by atoms with Crippen molar-refractivity contribution in [2.75, 3.05) is 13.7 Å². The molecule has 0 aromatic heterocycles. The fraction of sp³-hybridized carbons (Fsp3) is 0.100. The molecule has 5 nitrogen and oxygen atoms in total. The first-order chi connectivity index (χ1) is 13.0. The van der Waals surface area contributed by atoms with Crippen LogP contribution in [0, 0.1) is 18.2 Å². The number of esters is 1. The zero-order valence-corrected chi connectivity index (χ0v) is 14.9. The minimum atomic E-state index is -0.698. The van der Waals surface area contributed by atoms with Gasteiger partial charge in [0.25, 0.3) is 0 Å². The maximum Gasteiger partial charge on any atom is 0.363 e. The van der Waals surface area contributed by atoms with Crippen LogP contribution >= 0.6 is 11.6 Å². The molecule has 0 N–H and O–H groups in total. The van der Waals surface area contributed by atoms with Crippen molar-refractivity contribution < 1.29 is 23.4 Å². The smallest absolute Gasteiger partial charge is 0.363 e. The molecular formula is C20H13ClFNO4. The number of benzene rings is 2. The van der Waals surface area contributed by atoms with Gasteiger partial charge >= 0.3 is 5.97 Å². The van der Waals surface area contributed by atoms with Crippen molar-refractivity contribution in [1.82, 2.24) is 0 Å². The molecule has 0 amide bonds. The summed E-state index contributed by atoms with van der Waals surface area (Å²) in [6, 6.07) is 9.05. The highest BCUT2D eigenvalue weighted by Crippen LogP contribution is 2.37. The van der Waals surface area contributed by atoms with Crippen LogP contribution in [-0.4, -0.2) is 25.6 Å². The average Bonchev–Trinajstić information content (AvgIpc) is 3.01. The molecular weight excluding hydrogens is 373 g/mol. The van der Waals surface area contributed by atoms with Crippen molar-refractivity contribution >= 4 is 29.5 Å². The molecule has 2 aromatic carbocycles. The van der Waals surface area contributed by atoms with Crippen molar-refractivity contribution in [3.63, 3.8) is 0 Å². The lowest BCUT2D eigenvalue weighted by atomic mass is 10.1. The van der Waals surface area contributed by atoms with Crippen LogP contribution in [0.3, 0.4) is 0 Å². The van der Waals surface area contributed by atoms with E-state index in [0.717, 1.165) is 0 Å². The number of aliphatic imine (C=N–C) groups is 1. The lowest BCUT2D eigenvalue weighted by Gasteiger charge is -2.11. The van der Waals surface area contributed by atoms with Crippen LogP contribution in [0.5, 0.6) is 11.5 Å². The van der Waals surface area contributed by atoms with Crippen LogP contribution in [0.4, 0.5) is 4.39 Å². The quantitative estimate of drug-likeness (QED) is 0.446. The predicted molar refractivity (Wildman–Crippen MR) is 99.3 cm³/mol. The summed E-state index contributed by atoms with van der Waals surface area (Å²) < 4.78 is 29.6. The molecule has 0 aliphatic carbocycles. The van der Waals surface area contributed by atoms with E-state index in [0.29, 0.717) is 17.1 Å². The lowest BCUT2D eigenvalue weighted by molar-refractivity contribution is -0.129. The summed E-state index contributed by atoms with van der Waals surface area (Å²) in [4.78, 5) is 16.2. The van der Waals surface area contributed by atoms with E-state index in [1.807, 2.05) is 0 Å². The predicted octanol–water partition coefficient (Wildman–Crippen LogP) is 3.84. The van der Waals surface area contributed by atoms with E-state index >= 15 is 0 Å². The zero-order chi connectivity index (χ0) is 19.4. The third-order valence-corrected chi connectivity index (χ3v) is 3.86. The standard InChI is InChI=1S/C20H13ClFNO4/c1-3-8-26-18-14(21)9-12(11-17(18)25-2)10-16-20(24)27-19(23-16)13-6-4-5-7-15(13)22/h1,4-7,9-11H,8H2,2H3. The first-order valence-electron chi connectivity index (χ1n) is 7.74. The highest BCUT2D eigenvalue weighted by atomic mass is 35.5. The Kier molecular flexibility index (Phi) is 5.43. The molecule has 3 rings (SSSR count). The summed E-state index contributed by atoms with van der Waals surface area (Å²) in [5.41, 5.74) is 0.627. The molecule has 1 aliphatic heterocycles. The Balaban J connectivity index is 1.97. The Labute approximate surface area is 160 Å². The molecule has 0 saturated heterocycles. The normalized spacial score (nSPS) is 14.5. The van der Waals surface area contributed by atoms with Crippen molar-refractivity contribution in [3.8, 4) is 23.8 Å². The molecule has 0 fully saturated rings. The Bertz CT molecular complexity index is 1010. The fourth-order valence-electron chi connectivity index (χ4n) is 2.39. The van der Waals surface area contributed by atoms with Gasteiger partial charge in [-0.15, -0.1) is 6.42 Å². The summed E-state index contributed by atoms with van der Waals surface area (Å²) in [6.45, 7) is 0.0269. The van der Waals surface area contributed by atoms with Crippen LogP contribution in [0.1, 0.15) is 11.1 Å². The van der Waals surface area contributed by atoms with Crippen LogP contribution in [-0.2, 0) is 9.53 Å². The third-order valence-electron chi connectivity index (χ3n) is 3.58. The van der Waals surface area contributed by atoms with Gasteiger partial charge < -0.3 is 14.2 Å². The molecule has 0 spiro atoms. The molecule has 2 aromatic rings. The second-order valence-corrected chi connectivity index (χ2v) is 5.75. The number of carbonyl (C=O) groups excluding carboxylic acids is 1. The summed E-state index contributed by atoms with van der Waals surface area (Å²) in [5, 5.41) is 0.251. The number of carbonyl (C=O) groups is 1. The highest BCUT2D eigenvalue weighted by Gasteiger charge is 2.26. The number of hydrogen-bond donors (Lipinski definition) is 0. The Morgan fingerprint density at radius 2 is 2.15 bits per heavy atom. The summed E-state index contributed by atoms with van der Waals surface area (Å²) in [6.07, 6.45) is 6.64. The first-order valence-corrected chi connectivity index (χ1v) is 8.12. The van der Waals surface area contributed by atoms with E-state index in [2.05, 4.69) is 10.9 Å². The maximum absolute atomic E-state index is 13.9. The summed E-state index contributed by atoms with van der Waals surface area (Å²) in [7, 11) is 1.45. The van der Waals surface area contributed by atoms with Gasteiger partial charge in [0.2, 0.25) is 5.90 Å². The number of rotatable bonds is 5. The molecule has 0 radical (unpaired) electrons. The van der Waals surface area contributed by atoms with Crippen molar-refractivity contribution in [2.45, 2.75) is 0 Å². The largest absolute Gasteiger partial charge is 0.493 e. The lowest BCUT2D eigenvalue weighted by Crippen LogP contribution is -2.07. The second kappa shape index (κ2) is 7.94. The van der Waals surface area contributed by atoms with Crippen LogP contribution in [0.15, 0.2) is 47.1 Å². The third kappa shape index (κ3) is 3.94. The van der Waals surface area contributed by atoms with E-state index in [1.165, 1.54) is 31.4 Å². The summed E-state index contributed by atoms with van der Waals surface area (Å²) >= 11 is 6.21. The van der Waals surface area contributed by atoms with Gasteiger partial charge in [-0.1, -0.05) is 29.7 Å². The van der Waals surface area contributed by atoms with Gasteiger partial charge in [0, 0.05) is 0 Å². The number of methoxy groups -OCH3 is 1. The minimum absolute atomic E-state index is 0.00339. The molecule has 0 bridgehead atoms. The topological polar surface area (TPSA) is 57.1 Å². The molecule has 1 aliphatic rings. The minimum Gasteiger partial charge on any atom is -0.493 e. The van der Waals surface area contributed by atoms with Crippen LogP contribution < -0.4 is 9.47 Å². The Hall–Kier alpha value is -3.30. The number of cyclic esters (lactones) is 1. The number of hydrogen-bond acceptors (Lipinski definition) is 5. The fourth-order valence-corrected chi connectivity index (χ4v) is 2.67. The zero-order valence-electron chi connectivity index (χ0n) is 14.2. The van der Waals surface area contributed by atoms with E-state index in [4.69, 9.17) is 32.2 Å². The monoisotopic (exact) mass is 385 g/mol. The van der Waals surface area contributed by atoms with Crippen molar-refractivity contribution in [2.24, 2.45) is 4.99 Å². The van der Waals surface area contributed by atoms with Gasteiger partial charge in [0.1, 0.15) is 12.4 Å². The van der Waals surface area contributed by atoms with Gasteiger partial charge in [-0.2, -0.15) is 0 Å². The van der Waals surface area contributed by atoms with Crippen molar-refractivity contribution in [3.05, 3.63) is 64.1 Å². The van der Waals surface area contributed by atoms with E-state index < -0.39 is 11.8 Å². The highest BCUT2D eigenvalue weighted by molar-refractivity contribution is 6.32. The van der Waals surface area contributed by atoms with Gasteiger partial charge in [0.15, 0.2) is 17.2 Å². The van der Waals surface area contributed by atoms with Crippen LogP contribution in [0.2, 0.25) is 5.02 Å². The number of nitrogens with zero attached hydrogens (tertiary/aromatic N) is 1. The SMILES string of the molecule is C#CCOc1c(Cl)cc(C=C2N=C(c3ccccc3F)OC2=O)cc1OC. The van der Waals surface area contributed by atoms with E-state index in [9.17, 15) is 9.18 Å². The molecule has 0 unspecified atom stereocenters. The molecule has 7 heteroatoms.